The van der Waals surface area contributed by atoms with Gasteiger partial charge in [0.2, 0.25) is 23.6 Å². The summed E-state index contributed by atoms with van der Waals surface area (Å²) in [5, 5.41) is 5.67. The van der Waals surface area contributed by atoms with Crippen LogP contribution in [0.25, 0.3) is 0 Å². The van der Waals surface area contributed by atoms with Crippen LogP contribution in [0.5, 0.6) is 5.88 Å². The second-order valence-corrected chi connectivity index (χ2v) is 18.0. The summed E-state index contributed by atoms with van der Waals surface area (Å²) >= 11 is 0. The van der Waals surface area contributed by atoms with E-state index in [0.29, 0.717) is 73.8 Å². The Morgan fingerprint density at radius 3 is 2.50 bits per heavy atom. The summed E-state index contributed by atoms with van der Waals surface area (Å²) in [5.41, 5.74) is 7.07. The van der Waals surface area contributed by atoms with Crippen molar-refractivity contribution in [1.82, 2.24) is 30.1 Å². The molecule has 5 aliphatic rings. The number of pyridine rings is 1. The molecule has 2 aromatic heterocycles. The number of carbonyl (C=O) groups excluding carboxylic acids is 3. The minimum Gasteiger partial charge on any atom is -0.474 e. The van der Waals surface area contributed by atoms with Crippen molar-refractivity contribution in [3.05, 3.63) is 88.6 Å². The summed E-state index contributed by atoms with van der Waals surface area (Å²) in [5.74, 6) is -0.0946. The van der Waals surface area contributed by atoms with Gasteiger partial charge in [-0.05, 0) is 87.9 Å². The topological polar surface area (TPSA) is 149 Å². The molecule has 0 saturated carbocycles. The number of hydrogen-bond donors (Lipinski definition) is 2. The highest BCUT2D eigenvalue weighted by molar-refractivity contribution is 6.01. The Morgan fingerprint density at radius 1 is 0.968 bits per heavy atom. The molecule has 9 rings (SSSR count). The van der Waals surface area contributed by atoms with Crippen molar-refractivity contribution in [2.45, 2.75) is 77.5 Å². The number of fused-ring (bicyclic) bond motifs is 2. The van der Waals surface area contributed by atoms with Gasteiger partial charge in [0.05, 0.1) is 36.6 Å². The third-order valence-electron chi connectivity index (χ3n) is 12.7. The van der Waals surface area contributed by atoms with Gasteiger partial charge < -0.3 is 29.5 Å². The standard InChI is InChI=1S/C46H55FN10O5/c1-29-39(25-48-43-41(29)57(21-22-61-43)45(60)62-46(2,3)4)55-16-14-32-24-49-44(51-38(32)28-55)50-33-8-5-31(37(47)23-33)13-15-53-17-19-54(20-18-53)35-26-56(27-35)34-9-6-30(7-10-34)36-11-12-40(58)52-42(36)59/h5-10,23-25,35-36H,11-22,26-28H2,1-4H3,(H,49,50,51)(H,52,58,59). The van der Waals surface area contributed by atoms with Gasteiger partial charge in [-0.25, -0.2) is 24.1 Å². The molecule has 3 fully saturated rings. The Hall–Kier alpha value is -5.87. The number of rotatable bonds is 9. The number of imide groups is 1. The molecule has 3 amide bonds. The Kier molecular flexibility index (Phi) is 11.5. The maximum Gasteiger partial charge on any atom is 0.415 e. The second kappa shape index (κ2) is 17.1. The molecular weight excluding hydrogens is 792 g/mol. The van der Waals surface area contributed by atoms with Crippen LogP contribution in [0.3, 0.4) is 0 Å². The van der Waals surface area contributed by atoms with Crippen LogP contribution in [0.1, 0.15) is 67.5 Å². The lowest BCUT2D eigenvalue weighted by atomic mass is 9.90. The zero-order valence-electron chi connectivity index (χ0n) is 36.0. The first kappa shape index (κ1) is 41.5. The molecule has 1 atom stereocenters. The van der Waals surface area contributed by atoms with E-state index in [1.54, 1.807) is 11.1 Å². The Bertz CT molecular complexity index is 2340. The number of piperidine rings is 1. The highest BCUT2D eigenvalue weighted by atomic mass is 19.1. The predicted octanol–water partition coefficient (Wildman–Crippen LogP) is 5.33. The van der Waals surface area contributed by atoms with Crippen molar-refractivity contribution < 1.29 is 28.2 Å². The van der Waals surface area contributed by atoms with E-state index in [4.69, 9.17) is 14.5 Å². The van der Waals surface area contributed by atoms with Crippen LogP contribution >= 0.6 is 0 Å². The first-order valence-electron chi connectivity index (χ1n) is 21.8. The molecular formula is C46H55FN10O5. The zero-order chi connectivity index (χ0) is 43.1. The normalized spacial score (nSPS) is 19.9. The molecule has 5 aliphatic heterocycles. The van der Waals surface area contributed by atoms with E-state index in [1.165, 1.54) is 6.07 Å². The third kappa shape index (κ3) is 8.89. The fourth-order valence-electron chi connectivity index (χ4n) is 9.13. The molecule has 0 radical (unpaired) electrons. The molecule has 2 aromatic carbocycles. The van der Waals surface area contributed by atoms with Gasteiger partial charge in [0.1, 0.15) is 23.7 Å². The molecule has 1 unspecified atom stereocenters. The molecule has 62 heavy (non-hydrogen) atoms. The minimum absolute atomic E-state index is 0.193. The van der Waals surface area contributed by atoms with Crippen LogP contribution in [0.15, 0.2) is 54.9 Å². The average molecular weight is 847 g/mol. The first-order valence-corrected chi connectivity index (χ1v) is 21.8. The molecule has 326 valence electrons. The summed E-state index contributed by atoms with van der Waals surface area (Å²) in [7, 11) is 0. The van der Waals surface area contributed by atoms with Gasteiger partial charge in [0.25, 0.3) is 0 Å². The Morgan fingerprint density at radius 2 is 1.76 bits per heavy atom. The molecule has 4 aromatic rings. The first-order chi connectivity index (χ1) is 29.8. The quantitative estimate of drug-likeness (QED) is 0.210. The fraction of sp³-hybridized carbons (Fsp3) is 0.478. The van der Waals surface area contributed by atoms with Crippen molar-refractivity contribution in [3.63, 3.8) is 0 Å². The molecule has 16 heteroatoms. The summed E-state index contributed by atoms with van der Waals surface area (Å²) in [4.78, 5) is 62.2. The van der Waals surface area contributed by atoms with Crippen molar-refractivity contribution in [1.29, 1.82) is 0 Å². The van der Waals surface area contributed by atoms with Crippen molar-refractivity contribution in [2.75, 3.05) is 85.5 Å². The van der Waals surface area contributed by atoms with Crippen molar-refractivity contribution in [2.24, 2.45) is 0 Å². The number of nitrogens with zero attached hydrogens (tertiary/aromatic N) is 8. The largest absolute Gasteiger partial charge is 0.474 e. The molecule has 3 saturated heterocycles. The summed E-state index contributed by atoms with van der Waals surface area (Å²) in [6, 6.07) is 14.0. The van der Waals surface area contributed by atoms with E-state index >= 15 is 4.39 Å². The van der Waals surface area contributed by atoms with Crippen LogP contribution in [0, 0.1) is 12.7 Å². The van der Waals surface area contributed by atoms with Gasteiger partial charge in [-0.3, -0.25) is 24.7 Å². The molecule has 2 N–H and O–H groups in total. The SMILES string of the molecule is Cc1c(N2CCc3cnc(Nc4ccc(CCN5CCN(C6CN(c7ccc(C8CCC(=O)NC8=O)cc7)C6)CC5)c(F)c4)nc3C2)cnc2c1N(C(=O)OC(C)(C)C)CCO2. The number of benzene rings is 2. The van der Waals surface area contributed by atoms with E-state index in [-0.39, 0.29) is 23.5 Å². The maximum absolute atomic E-state index is 15.5. The van der Waals surface area contributed by atoms with Crippen LogP contribution in [-0.4, -0.2) is 120 Å². The number of anilines is 5. The van der Waals surface area contributed by atoms with Crippen molar-refractivity contribution >= 4 is 46.6 Å². The highest BCUT2D eigenvalue weighted by Gasteiger charge is 2.35. The van der Waals surface area contributed by atoms with E-state index < -0.39 is 11.7 Å². The third-order valence-corrected chi connectivity index (χ3v) is 12.7. The number of halogens is 1. The van der Waals surface area contributed by atoms with E-state index in [2.05, 4.69) is 52.3 Å². The van der Waals surface area contributed by atoms with Crippen molar-refractivity contribution in [3.8, 4) is 5.88 Å². The van der Waals surface area contributed by atoms with Gasteiger partial charge in [-0.15, -0.1) is 0 Å². The van der Waals surface area contributed by atoms with Gasteiger partial charge in [0, 0.05) is 88.0 Å². The average Bonchev–Trinajstić information content (AvgIpc) is 3.23. The number of aromatic nitrogens is 3. The van der Waals surface area contributed by atoms with Crippen LogP contribution in [0.4, 0.5) is 37.9 Å². The van der Waals surface area contributed by atoms with Crippen LogP contribution < -0.4 is 30.1 Å². The Labute approximate surface area is 361 Å². The number of carbonyl (C=O) groups is 3. The maximum atomic E-state index is 15.5. The molecule has 15 nitrogen and oxygen atoms in total. The number of amides is 3. The highest BCUT2D eigenvalue weighted by Crippen LogP contribution is 2.40. The van der Waals surface area contributed by atoms with Crippen LogP contribution in [-0.2, 0) is 33.7 Å². The van der Waals surface area contributed by atoms with Gasteiger partial charge in [-0.2, -0.15) is 0 Å². The number of ether oxygens (including phenoxy) is 2. The van der Waals surface area contributed by atoms with Gasteiger partial charge >= 0.3 is 6.09 Å². The molecule has 0 aliphatic carbocycles. The van der Waals surface area contributed by atoms with E-state index in [0.717, 1.165) is 92.5 Å². The summed E-state index contributed by atoms with van der Waals surface area (Å²) in [6.45, 7) is 16.1. The number of piperazine rings is 1. The monoisotopic (exact) mass is 846 g/mol. The molecule has 0 spiro atoms. The molecule has 0 bridgehead atoms. The lowest BCUT2D eigenvalue weighted by Crippen LogP contribution is -2.63. The molecule has 7 heterocycles. The summed E-state index contributed by atoms with van der Waals surface area (Å²) in [6.07, 6.45) is 5.51. The smallest absolute Gasteiger partial charge is 0.415 e. The predicted molar refractivity (Wildman–Crippen MR) is 234 cm³/mol. The van der Waals surface area contributed by atoms with Crippen LogP contribution in [0.2, 0.25) is 0 Å². The zero-order valence-corrected chi connectivity index (χ0v) is 36.0. The minimum atomic E-state index is -0.634. The Balaban J connectivity index is 0.747. The van der Waals surface area contributed by atoms with Gasteiger partial charge in [-0.1, -0.05) is 18.2 Å². The number of hydrogen-bond acceptors (Lipinski definition) is 13. The number of nitrogens with one attached hydrogen (secondary N) is 2. The fourth-order valence-corrected chi connectivity index (χ4v) is 9.13. The second-order valence-electron chi connectivity index (χ2n) is 18.0. The lowest BCUT2D eigenvalue weighted by molar-refractivity contribution is -0.134. The van der Waals surface area contributed by atoms with E-state index in [9.17, 15) is 14.4 Å². The lowest BCUT2D eigenvalue weighted by Gasteiger charge is -2.49. The van der Waals surface area contributed by atoms with Gasteiger partial charge in [0.15, 0.2) is 0 Å². The summed E-state index contributed by atoms with van der Waals surface area (Å²) < 4.78 is 27.0. The van der Waals surface area contributed by atoms with E-state index in [1.807, 2.05) is 58.2 Å².